The number of hydrogen-bond donors (Lipinski definition) is 1. The summed E-state index contributed by atoms with van der Waals surface area (Å²) in [6.07, 6.45) is -4.95. The molecule has 0 atom stereocenters. The van der Waals surface area contributed by atoms with Gasteiger partial charge in [0.05, 0.1) is 20.4 Å². The van der Waals surface area contributed by atoms with Crippen molar-refractivity contribution in [3.05, 3.63) is 53.1 Å². The summed E-state index contributed by atoms with van der Waals surface area (Å²) in [5, 5.41) is -0.190. The molecule has 1 amide bonds. The quantitative estimate of drug-likeness (QED) is 0.595. The van der Waals surface area contributed by atoms with Crippen LogP contribution in [0.1, 0.15) is 10.4 Å². The molecule has 0 bridgehead atoms. The number of hydrogen-bond acceptors (Lipinski definition) is 7. The zero-order chi connectivity index (χ0) is 24.4. The summed E-state index contributed by atoms with van der Waals surface area (Å²) in [5.41, 5.74) is -0.398. The molecule has 33 heavy (non-hydrogen) atoms. The number of rotatable bonds is 6. The Morgan fingerprint density at radius 1 is 1.00 bits per heavy atom. The normalized spacial score (nSPS) is 15.8. The van der Waals surface area contributed by atoms with Crippen LogP contribution in [0.4, 0.5) is 13.2 Å². The van der Waals surface area contributed by atoms with Gasteiger partial charge in [0.1, 0.15) is 5.75 Å². The van der Waals surface area contributed by atoms with Gasteiger partial charge in [0.2, 0.25) is 10.0 Å². The largest absolute Gasteiger partial charge is 0.573 e. The zero-order valence-electron chi connectivity index (χ0n) is 16.5. The van der Waals surface area contributed by atoms with E-state index >= 15 is 0 Å². The zero-order valence-corrected chi connectivity index (χ0v) is 19.7. The van der Waals surface area contributed by atoms with Crippen LogP contribution in [0, 0.1) is 0 Å². The van der Waals surface area contributed by atoms with Gasteiger partial charge in [0.15, 0.2) is 0 Å². The van der Waals surface area contributed by atoms with Gasteiger partial charge in [-0.25, -0.2) is 21.6 Å². The lowest BCUT2D eigenvalue weighted by Gasteiger charge is -2.25. The molecule has 0 aliphatic carbocycles. The highest BCUT2D eigenvalue weighted by Gasteiger charge is 2.31. The molecule has 2 aromatic rings. The second-order valence-electron chi connectivity index (χ2n) is 6.61. The van der Waals surface area contributed by atoms with Crippen LogP contribution in [-0.4, -0.2) is 58.0 Å². The van der Waals surface area contributed by atoms with E-state index in [-0.39, 0.29) is 9.92 Å². The summed E-state index contributed by atoms with van der Waals surface area (Å²) in [4.78, 5) is 11.9. The maximum absolute atomic E-state index is 12.8. The van der Waals surface area contributed by atoms with Crippen LogP contribution in [0.25, 0.3) is 0 Å². The molecule has 0 saturated carbocycles. The van der Waals surface area contributed by atoms with Crippen molar-refractivity contribution in [3.8, 4) is 5.75 Å². The molecule has 2 aromatic carbocycles. The Balaban J connectivity index is 1.83. The fraction of sp³-hybridized carbons (Fsp3) is 0.278. The Kier molecular flexibility index (Phi) is 7.53. The number of carbonyl (C=O) groups is 1. The number of sulfonamides is 2. The van der Waals surface area contributed by atoms with E-state index in [0.29, 0.717) is 24.6 Å². The molecule has 0 spiro atoms. The molecular weight excluding hydrogens is 529 g/mol. The van der Waals surface area contributed by atoms with Crippen molar-refractivity contribution in [2.24, 2.45) is 0 Å². The van der Waals surface area contributed by atoms with Crippen molar-refractivity contribution in [1.82, 2.24) is 9.03 Å². The Morgan fingerprint density at radius 3 is 2.15 bits per heavy atom. The molecule has 8 nitrogen and oxygen atoms in total. The Hall–Kier alpha value is -2.00. The highest BCUT2D eigenvalue weighted by molar-refractivity contribution is 7.99. The SMILES string of the molecule is O=C(NS(=O)(=O)c1ccc(OC(F)(F)F)cc1)c1cc(S(=O)(=O)N2CCSCC2)ccc1Cl. The van der Waals surface area contributed by atoms with Crippen molar-refractivity contribution < 1.29 is 39.5 Å². The Labute approximate surface area is 197 Å². The van der Waals surface area contributed by atoms with Crippen molar-refractivity contribution in [2.45, 2.75) is 16.2 Å². The minimum Gasteiger partial charge on any atom is -0.406 e. The summed E-state index contributed by atoms with van der Waals surface area (Å²) in [6.45, 7) is 0.583. The summed E-state index contributed by atoms with van der Waals surface area (Å²) in [5.74, 6) is -0.622. The van der Waals surface area contributed by atoms with E-state index in [0.717, 1.165) is 36.4 Å². The molecule has 1 aliphatic rings. The molecular formula is C18H16ClF3N2O6S3. The predicted molar refractivity (Wildman–Crippen MR) is 115 cm³/mol. The number of nitrogens with zero attached hydrogens (tertiary/aromatic N) is 1. The van der Waals surface area contributed by atoms with Gasteiger partial charge in [-0.3, -0.25) is 4.79 Å². The third-order valence-corrected chi connectivity index (χ3v) is 8.90. The molecule has 1 N–H and O–H groups in total. The first kappa shape index (κ1) is 25.6. The van der Waals surface area contributed by atoms with Gasteiger partial charge in [-0.15, -0.1) is 13.2 Å². The second-order valence-corrected chi connectivity index (χ2v) is 11.9. The summed E-state index contributed by atoms with van der Waals surface area (Å²) in [6, 6.07) is 6.51. The Bertz CT molecular complexity index is 1250. The van der Waals surface area contributed by atoms with Crippen molar-refractivity contribution >= 4 is 49.3 Å². The lowest BCUT2D eigenvalue weighted by molar-refractivity contribution is -0.274. The summed E-state index contributed by atoms with van der Waals surface area (Å²) < 4.78 is 94.1. The number of ether oxygens (including phenoxy) is 1. The third-order valence-electron chi connectivity index (χ3n) is 4.38. The fourth-order valence-corrected chi connectivity index (χ4v) is 6.60. The monoisotopic (exact) mass is 544 g/mol. The molecule has 1 aliphatic heterocycles. The van der Waals surface area contributed by atoms with Gasteiger partial charge in [0, 0.05) is 24.6 Å². The fourth-order valence-electron chi connectivity index (χ4n) is 2.83. The molecule has 0 radical (unpaired) electrons. The van der Waals surface area contributed by atoms with Crippen LogP contribution in [0.2, 0.25) is 5.02 Å². The smallest absolute Gasteiger partial charge is 0.406 e. The molecule has 3 rings (SSSR count). The van der Waals surface area contributed by atoms with Crippen LogP contribution < -0.4 is 9.46 Å². The number of halogens is 4. The number of nitrogens with one attached hydrogen (secondary N) is 1. The number of benzene rings is 2. The topological polar surface area (TPSA) is 110 Å². The molecule has 0 aromatic heterocycles. The molecule has 180 valence electrons. The van der Waals surface area contributed by atoms with Crippen molar-refractivity contribution in [3.63, 3.8) is 0 Å². The highest BCUT2D eigenvalue weighted by atomic mass is 35.5. The summed E-state index contributed by atoms with van der Waals surface area (Å²) in [7, 11) is -8.44. The van der Waals surface area contributed by atoms with Crippen LogP contribution in [0.3, 0.4) is 0 Å². The van der Waals surface area contributed by atoms with Gasteiger partial charge in [-0.2, -0.15) is 16.1 Å². The molecule has 1 heterocycles. The van der Waals surface area contributed by atoms with Gasteiger partial charge < -0.3 is 4.74 Å². The van der Waals surface area contributed by atoms with E-state index < -0.39 is 48.5 Å². The van der Waals surface area contributed by atoms with E-state index in [1.165, 1.54) is 10.4 Å². The lowest BCUT2D eigenvalue weighted by atomic mass is 10.2. The second kappa shape index (κ2) is 9.70. The van der Waals surface area contributed by atoms with E-state index in [9.17, 15) is 34.8 Å². The van der Waals surface area contributed by atoms with Gasteiger partial charge in [-0.1, -0.05) is 11.6 Å². The van der Waals surface area contributed by atoms with Gasteiger partial charge in [0.25, 0.3) is 15.9 Å². The number of thioether (sulfide) groups is 1. The van der Waals surface area contributed by atoms with Crippen LogP contribution in [0.15, 0.2) is 52.3 Å². The Morgan fingerprint density at radius 2 is 1.58 bits per heavy atom. The molecule has 1 fully saturated rings. The first-order valence-corrected chi connectivity index (χ1v) is 13.6. The average molecular weight is 545 g/mol. The van der Waals surface area contributed by atoms with Crippen molar-refractivity contribution in [1.29, 1.82) is 0 Å². The number of carbonyl (C=O) groups excluding carboxylic acids is 1. The standard InChI is InChI=1S/C18H16ClF3N2O6S3/c19-16-6-5-14(33(28,29)24-7-9-31-10-8-24)11-15(16)17(25)23-32(26,27)13-3-1-12(2-4-13)30-18(20,21)22/h1-6,11H,7-10H2,(H,23,25). The average Bonchev–Trinajstić information content (AvgIpc) is 2.73. The minimum atomic E-state index is -4.95. The van der Waals surface area contributed by atoms with Crippen LogP contribution in [0.5, 0.6) is 5.75 Å². The maximum atomic E-state index is 12.8. The van der Waals surface area contributed by atoms with Crippen LogP contribution in [-0.2, 0) is 20.0 Å². The minimum absolute atomic E-state index is 0.190. The van der Waals surface area contributed by atoms with E-state index in [1.54, 1.807) is 16.5 Å². The summed E-state index contributed by atoms with van der Waals surface area (Å²) >= 11 is 7.60. The lowest BCUT2D eigenvalue weighted by Crippen LogP contribution is -2.38. The molecule has 1 saturated heterocycles. The molecule has 0 unspecified atom stereocenters. The molecule has 15 heteroatoms. The van der Waals surface area contributed by atoms with Gasteiger partial charge >= 0.3 is 6.36 Å². The van der Waals surface area contributed by atoms with E-state index in [1.807, 2.05) is 0 Å². The van der Waals surface area contributed by atoms with E-state index in [2.05, 4.69) is 4.74 Å². The van der Waals surface area contributed by atoms with Crippen LogP contribution >= 0.6 is 23.4 Å². The van der Waals surface area contributed by atoms with Gasteiger partial charge in [-0.05, 0) is 42.5 Å². The highest BCUT2D eigenvalue weighted by Crippen LogP contribution is 2.26. The van der Waals surface area contributed by atoms with E-state index in [4.69, 9.17) is 11.6 Å². The number of alkyl halides is 3. The predicted octanol–water partition coefficient (Wildman–Crippen LogP) is 3.09. The first-order valence-electron chi connectivity index (χ1n) is 9.10. The maximum Gasteiger partial charge on any atom is 0.573 e. The third kappa shape index (κ3) is 6.32. The number of amides is 1. The van der Waals surface area contributed by atoms with Crippen molar-refractivity contribution in [2.75, 3.05) is 24.6 Å². The first-order chi connectivity index (χ1) is 15.3.